The lowest BCUT2D eigenvalue weighted by molar-refractivity contribution is -0.151. The minimum Gasteiger partial charge on any atom is -0.444 e. The van der Waals surface area contributed by atoms with Gasteiger partial charge in [0.25, 0.3) is 5.91 Å². The Hall–Kier alpha value is -4.11. The number of hydrogen-bond acceptors (Lipinski definition) is 6. The fourth-order valence-corrected chi connectivity index (χ4v) is 5.01. The van der Waals surface area contributed by atoms with E-state index in [2.05, 4.69) is 17.4 Å². The van der Waals surface area contributed by atoms with Crippen LogP contribution in [0.2, 0.25) is 0 Å². The fourth-order valence-electron chi connectivity index (χ4n) is 5.01. The molecule has 4 rings (SSSR count). The van der Waals surface area contributed by atoms with Crippen molar-refractivity contribution in [3.63, 3.8) is 0 Å². The van der Waals surface area contributed by atoms with Crippen LogP contribution >= 0.6 is 0 Å². The van der Waals surface area contributed by atoms with Crippen LogP contribution in [-0.2, 0) is 27.4 Å². The van der Waals surface area contributed by atoms with Gasteiger partial charge in [-0.3, -0.25) is 14.6 Å². The van der Waals surface area contributed by atoms with Gasteiger partial charge >= 0.3 is 6.09 Å². The average Bonchev–Trinajstić information content (AvgIpc) is 3.38. The van der Waals surface area contributed by atoms with E-state index < -0.39 is 11.7 Å². The standard InChI is InChI=1S/C33H43N5O4/c1-24(2)38(32(41)42-33(3,4)5)19-18-36(23-31(40)35(6)37-21-26-13-7-8-14-27(26)22-37)30(39)20-34-29-17-11-15-25-12-9-10-16-28(25)29/h7-17,24,34H,18-23H2,1-6H3. The number of anilines is 1. The van der Waals surface area contributed by atoms with E-state index in [-0.39, 0.29) is 44.0 Å². The SMILES string of the molecule is CC(C)N(CCN(CC(=O)N(C)N1Cc2ccccc2C1)C(=O)CNc1cccc2ccccc12)C(=O)OC(C)(C)C. The van der Waals surface area contributed by atoms with Crippen molar-refractivity contribution in [2.45, 2.75) is 59.4 Å². The number of carbonyl (C=O) groups excluding carboxylic acids is 3. The lowest BCUT2D eigenvalue weighted by Crippen LogP contribution is -2.51. The van der Waals surface area contributed by atoms with Crippen molar-refractivity contribution in [2.75, 3.05) is 38.5 Å². The van der Waals surface area contributed by atoms with Gasteiger partial charge < -0.3 is 19.9 Å². The summed E-state index contributed by atoms with van der Waals surface area (Å²) in [6.07, 6.45) is -0.447. The van der Waals surface area contributed by atoms with Gasteiger partial charge in [0.2, 0.25) is 5.91 Å². The molecule has 0 fully saturated rings. The summed E-state index contributed by atoms with van der Waals surface area (Å²) in [6.45, 7) is 10.9. The van der Waals surface area contributed by atoms with Gasteiger partial charge in [0.15, 0.2) is 0 Å². The third-order valence-electron chi connectivity index (χ3n) is 7.37. The molecule has 0 aliphatic carbocycles. The highest BCUT2D eigenvalue weighted by Crippen LogP contribution is 2.24. The second-order valence-corrected chi connectivity index (χ2v) is 12.0. The highest BCUT2D eigenvalue weighted by molar-refractivity contribution is 5.95. The maximum atomic E-state index is 13.6. The van der Waals surface area contributed by atoms with Crippen LogP contribution in [-0.4, -0.2) is 82.6 Å². The minimum absolute atomic E-state index is 0.00821. The van der Waals surface area contributed by atoms with Gasteiger partial charge in [0, 0.05) is 50.3 Å². The number of fused-ring (bicyclic) bond motifs is 2. The van der Waals surface area contributed by atoms with Crippen LogP contribution < -0.4 is 5.32 Å². The maximum absolute atomic E-state index is 13.6. The topological polar surface area (TPSA) is 85.4 Å². The smallest absolute Gasteiger partial charge is 0.410 e. The number of carbonyl (C=O) groups is 3. The molecule has 9 nitrogen and oxygen atoms in total. The van der Waals surface area contributed by atoms with Gasteiger partial charge in [0.1, 0.15) is 12.1 Å². The maximum Gasteiger partial charge on any atom is 0.410 e. The molecule has 0 aromatic heterocycles. The summed E-state index contributed by atoms with van der Waals surface area (Å²) in [5, 5.41) is 8.93. The summed E-state index contributed by atoms with van der Waals surface area (Å²) in [4.78, 5) is 43.2. The van der Waals surface area contributed by atoms with Crippen molar-refractivity contribution in [1.29, 1.82) is 0 Å². The Labute approximate surface area is 249 Å². The molecule has 0 atom stereocenters. The Bertz CT molecular complexity index is 1390. The first-order valence-electron chi connectivity index (χ1n) is 14.5. The van der Waals surface area contributed by atoms with E-state index >= 15 is 0 Å². The lowest BCUT2D eigenvalue weighted by atomic mass is 10.1. The number of amides is 3. The Balaban J connectivity index is 1.47. The monoisotopic (exact) mass is 573 g/mol. The van der Waals surface area contributed by atoms with E-state index in [9.17, 15) is 14.4 Å². The Morgan fingerprint density at radius 1 is 0.881 bits per heavy atom. The number of likely N-dealkylation sites (N-methyl/N-ethyl adjacent to an activating group) is 1. The first kappa shape index (κ1) is 30.8. The van der Waals surface area contributed by atoms with Gasteiger partial charge in [-0.1, -0.05) is 60.7 Å². The predicted octanol–water partition coefficient (Wildman–Crippen LogP) is 5.12. The van der Waals surface area contributed by atoms with Crippen molar-refractivity contribution in [3.8, 4) is 0 Å². The fraction of sp³-hybridized carbons (Fsp3) is 0.424. The molecule has 3 aromatic rings. The third kappa shape index (κ3) is 7.79. The summed E-state index contributed by atoms with van der Waals surface area (Å²) in [6, 6.07) is 21.9. The van der Waals surface area contributed by atoms with Crippen LogP contribution in [0, 0.1) is 0 Å². The summed E-state index contributed by atoms with van der Waals surface area (Å²) < 4.78 is 5.61. The van der Waals surface area contributed by atoms with E-state index in [1.807, 2.05) is 94.2 Å². The van der Waals surface area contributed by atoms with Crippen molar-refractivity contribution in [1.82, 2.24) is 19.8 Å². The zero-order valence-electron chi connectivity index (χ0n) is 25.6. The number of ether oxygens (including phenoxy) is 1. The van der Waals surface area contributed by atoms with E-state index in [4.69, 9.17) is 4.74 Å². The largest absolute Gasteiger partial charge is 0.444 e. The molecule has 1 aliphatic heterocycles. The third-order valence-corrected chi connectivity index (χ3v) is 7.37. The molecule has 0 saturated heterocycles. The normalized spacial score (nSPS) is 13.1. The predicted molar refractivity (Wildman–Crippen MR) is 166 cm³/mol. The van der Waals surface area contributed by atoms with Crippen LogP contribution in [0.25, 0.3) is 10.8 Å². The molecule has 9 heteroatoms. The van der Waals surface area contributed by atoms with Crippen LogP contribution in [0.4, 0.5) is 10.5 Å². The minimum atomic E-state index is -0.645. The molecule has 0 spiro atoms. The highest BCUT2D eigenvalue weighted by atomic mass is 16.6. The molecule has 0 bridgehead atoms. The number of hydrazine groups is 1. The van der Waals surface area contributed by atoms with Crippen LogP contribution in [0.1, 0.15) is 45.7 Å². The van der Waals surface area contributed by atoms with Gasteiger partial charge in [-0.05, 0) is 57.2 Å². The van der Waals surface area contributed by atoms with Crippen molar-refractivity contribution >= 4 is 34.4 Å². The number of nitrogens with zero attached hydrogens (tertiary/aromatic N) is 4. The summed E-state index contributed by atoms with van der Waals surface area (Å²) >= 11 is 0. The molecule has 3 amide bonds. The van der Waals surface area contributed by atoms with Crippen molar-refractivity contribution in [3.05, 3.63) is 77.9 Å². The molecular weight excluding hydrogens is 530 g/mol. The molecule has 224 valence electrons. The molecular formula is C33H43N5O4. The first-order valence-corrected chi connectivity index (χ1v) is 14.5. The molecule has 0 radical (unpaired) electrons. The lowest BCUT2D eigenvalue weighted by Gasteiger charge is -2.33. The zero-order valence-corrected chi connectivity index (χ0v) is 25.6. The van der Waals surface area contributed by atoms with Gasteiger partial charge in [-0.25, -0.2) is 9.80 Å². The molecule has 1 N–H and O–H groups in total. The summed E-state index contributed by atoms with van der Waals surface area (Å²) in [7, 11) is 1.74. The number of nitrogens with one attached hydrogen (secondary N) is 1. The summed E-state index contributed by atoms with van der Waals surface area (Å²) in [5.41, 5.74) is 2.58. The molecule has 1 heterocycles. The molecule has 42 heavy (non-hydrogen) atoms. The average molecular weight is 574 g/mol. The van der Waals surface area contributed by atoms with Crippen LogP contribution in [0.15, 0.2) is 66.7 Å². The van der Waals surface area contributed by atoms with Crippen molar-refractivity contribution in [2.24, 2.45) is 0 Å². The van der Waals surface area contributed by atoms with E-state index in [0.717, 1.165) is 16.5 Å². The van der Waals surface area contributed by atoms with Crippen molar-refractivity contribution < 1.29 is 19.1 Å². The van der Waals surface area contributed by atoms with Crippen LogP contribution in [0.3, 0.4) is 0 Å². The van der Waals surface area contributed by atoms with Gasteiger partial charge in [-0.2, -0.15) is 0 Å². The Morgan fingerprint density at radius 3 is 2.14 bits per heavy atom. The molecule has 0 unspecified atom stereocenters. The van der Waals surface area contributed by atoms with E-state index in [0.29, 0.717) is 13.1 Å². The number of benzene rings is 3. The van der Waals surface area contributed by atoms with Crippen LogP contribution in [0.5, 0.6) is 0 Å². The molecule has 1 aliphatic rings. The van der Waals surface area contributed by atoms with Gasteiger partial charge in [0.05, 0.1) is 6.54 Å². The Kier molecular flexibility index (Phi) is 9.73. The van der Waals surface area contributed by atoms with E-state index in [1.54, 1.807) is 17.0 Å². The zero-order chi connectivity index (χ0) is 30.4. The molecule has 3 aromatic carbocycles. The number of rotatable bonds is 10. The second-order valence-electron chi connectivity index (χ2n) is 12.0. The highest BCUT2D eigenvalue weighted by Gasteiger charge is 2.29. The molecule has 0 saturated carbocycles. The quantitative estimate of drug-likeness (QED) is 0.363. The number of hydrogen-bond donors (Lipinski definition) is 1. The Morgan fingerprint density at radius 2 is 1.50 bits per heavy atom. The summed E-state index contributed by atoms with van der Waals surface area (Å²) in [5.74, 6) is -0.433. The first-order chi connectivity index (χ1) is 19.9. The second kappa shape index (κ2) is 13.2. The van der Waals surface area contributed by atoms with Gasteiger partial charge in [-0.15, -0.1) is 0 Å². The van der Waals surface area contributed by atoms with E-state index in [1.165, 1.54) is 16.0 Å².